The Morgan fingerprint density at radius 2 is 2.13 bits per heavy atom. The van der Waals surface area contributed by atoms with Crippen LogP contribution in [0, 0.1) is 22.7 Å². The second-order valence-electron chi connectivity index (χ2n) is 6.75. The van der Waals surface area contributed by atoms with Gasteiger partial charge in [0.1, 0.15) is 24.0 Å². The summed E-state index contributed by atoms with van der Waals surface area (Å²) in [6, 6.07) is 16.6. The molecule has 3 rings (SSSR count). The van der Waals surface area contributed by atoms with Crippen molar-refractivity contribution in [2.75, 3.05) is 13.2 Å². The minimum atomic E-state index is -0.450. The zero-order chi connectivity index (χ0) is 21.3. The molecule has 2 aromatic carbocycles. The average Bonchev–Trinajstić information content (AvgIpc) is 3.29. The SMILES string of the molecule is N#C/C(=C\c1cc(Br)ccc1OCc1ccccc1C#N)C(=O)NC[C@H]1CCCO1. The van der Waals surface area contributed by atoms with Crippen LogP contribution in [0.2, 0.25) is 0 Å². The average molecular weight is 466 g/mol. The molecule has 0 saturated carbocycles. The predicted octanol–water partition coefficient (Wildman–Crippen LogP) is 4.10. The molecule has 0 aromatic heterocycles. The van der Waals surface area contributed by atoms with Crippen molar-refractivity contribution in [3.63, 3.8) is 0 Å². The van der Waals surface area contributed by atoms with Crippen molar-refractivity contribution in [2.45, 2.75) is 25.6 Å². The molecule has 7 heteroatoms. The van der Waals surface area contributed by atoms with E-state index in [1.54, 1.807) is 24.3 Å². The number of ether oxygens (including phenoxy) is 2. The zero-order valence-electron chi connectivity index (χ0n) is 16.2. The van der Waals surface area contributed by atoms with Crippen molar-refractivity contribution in [1.82, 2.24) is 5.32 Å². The van der Waals surface area contributed by atoms with Crippen LogP contribution in [0.5, 0.6) is 5.75 Å². The Morgan fingerprint density at radius 3 is 2.87 bits per heavy atom. The van der Waals surface area contributed by atoms with Crippen LogP contribution in [0.25, 0.3) is 6.08 Å². The summed E-state index contributed by atoms with van der Waals surface area (Å²) in [5, 5.41) is 21.5. The smallest absolute Gasteiger partial charge is 0.262 e. The summed E-state index contributed by atoms with van der Waals surface area (Å²) >= 11 is 3.41. The van der Waals surface area contributed by atoms with Crippen molar-refractivity contribution in [2.24, 2.45) is 0 Å². The molecule has 2 aromatic rings. The van der Waals surface area contributed by atoms with Crippen LogP contribution in [0.3, 0.4) is 0 Å². The molecule has 152 valence electrons. The highest BCUT2D eigenvalue weighted by molar-refractivity contribution is 9.10. The number of amides is 1. The summed E-state index contributed by atoms with van der Waals surface area (Å²) in [6.07, 6.45) is 3.38. The number of benzene rings is 2. The molecule has 1 saturated heterocycles. The largest absolute Gasteiger partial charge is 0.488 e. The number of hydrogen-bond donors (Lipinski definition) is 1. The second kappa shape index (κ2) is 10.6. The Hall–Kier alpha value is -3.13. The van der Waals surface area contributed by atoms with E-state index in [1.807, 2.05) is 24.3 Å². The van der Waals surface area contributed by atoms with E-state index in [9.17, 15) is 15.3 Å². The third kappa shape index (κ3) is 5.70. The maximum Gasteiger partial charge on any atom is 0.262 e. The molecule has 1 fully saturated rings. The Balaban J connectivity index is 1.76. The monoisotopic (exact) mass is 465 g/mol. The van der Waals surface area contributed by atoms with E-state index in [2.05, 4.69) is 27.3 Å². The van der Waals surface area contributed by atoms with Gasteiger partial charge in [0.2, 0.25) is 0 Å². The molecule has 30 heavy (non-hydrogen) atoms. The van der Waals surface area contributed by atoms with E-state index in [1.165, 1.54) is 6.08 Å². The first kappa shape index (κ1) is 21.6. The Bertz CT molecular complexity index is 1030. The van der Waals surface area contributed by atoms with Crippen LogP contribution < -0.4 is 10.1 Å². The standard InChI is InChI=1S/C23H20BrN3O3/c24-20-7-8-22(30-15-17-5-2-1-4-16(17)12-25)18(11-20)10-19(13-26)23(28)27-14-21-6-3-9-29-21/h1-2,4-5,7-8,10-11,21H,3,6,9,14-15H2,(H,27,28)/b19-10+/t21-/m1/s1. The quantitative estimate of drug-likeness (QED) is 0.490. The molecule has 1 N–H and O–H groups in total. The van der Waals surface area contributed by atoms with Gasteiger partial charge in [-0.15, -0.1) is 0 Å². The molecule has 1 heterocycles. The summed E-state index contributed by atoms with van der Waals surface area (Å²) in [5.41, 5.74) is 1.86. The maximum atomic E-state index is 12.4. The molecular formula is C23H20BrN3O3. The first-order valence-corrected chi connectivity index (χ1v) is 10.3. The van der Waals surface area contributed by atoms with E-state index in [4.69, 9.17) is 9.47 Å². The lowest BCUT2D eigenvalue weighted by atomic mass is 10.1. The van der Waals surface area contributed by atoms with E-state index in [-0.39, 0.29) is 18.3 Å². The van der Waals surface area contributed by atoms with Crippen molar-refractivity contribution in [3.8, 4) is 17.9 Å². The molecular weight excluding hydrogens is 446 g/mol. The van der Waals surface area contributed by atoms with Gasteiger partial charge in [0.15, 0.2) is 0 Å². The third-order valence-electron chi connectivity index (χ3n) is 4.67. The fraction of sp³-hybridized carbons (Fsp3) is 0.261. The highest BCUT2D eigenvalue weighted by Crippen LogP contribution is 2.27. The van der Waals surface area contributed by atoms with E-state index in [0.717, 1.165) is 22.9 Å². The molecule has 1 aliphatic rings. The molecule has 0 aliphatic carbocycles. The molecule has 0 unspecified atom stereocenters. The first-order chi connectivity index (χ1) is 14.6. The highest BCUT2D eigenvalue weighted by atomic mass is 79.9. The highest BCUT2D eigenvalue weighted by Gasteiger charge is 2.18. The predicted molar refractivity (Wildman–Crippen MR) is 115 cm³/mol. The minimum absolute atomic E-state index is 0.00106. The Morgan fingerprint density at radius 1 is 1.30 bits per heavy atom. The molecule has 0 bridgehead atoms. The van der Waals surface area contributed by atoms with Gasteiger partial charge < -0.3 is 14.8 Å². The number of nitrogens with one attached hydrogen (secondary N) is 1. The van der Waals surface area contributed by atoms with Crippen LogP contribution in [-0.4, -0.2) is 25.2 Å². The second-order valence-corrected chi connectivity index (χ2v) is 7.67. The number of carbonyl (C=O) groups is 1. The van der Waals surface area contributed by atoms with Gasteiger partial charge in [0, 0.05) is 28.8 Å². The van der Waals surface area contributed by atoms with Crippen LogP contribution >= 0.6 is 15.9 Å². The summed E-state index contributed by atoms with van der Waals surface area (Å²) in [4.78, 5) is 12.4. The summed E-state index contributed by atoms with van der Waals surface area (Å²) in [5.74, 6) is 0.0550. The lowest BCUT2D eigenvalue weighted by Gasteiger charge is -2.12. The molecule has 1 aliphatic heterocycles. The van der Waals surface area contributed by atoms with Gasteiger partial charge in [-0.25, -0.2) is 0 Å². The summed E-state index contributed by atoms with van der Waals surface area (Å²) < 4.78 is 12.2. The van der Waals surface area contributed by atoms with Crippen molar-refractivity contribution in [3.05, 3.63) is 69.2 Å². The number of halogens is 1. The molecule has 1 atom stereocenters. The topological polar surface area (TPSA) is 95.1 Å². The zero-order valence-corrected chi connectivity index (χ0v) is 17.8. The van der Waals surface area contributed by atoms with E-state index < -0.39 is 5.91 Å². The number of rotatable bonds is 7. The van der Waals surface area contributed by atoms with Crippen molar-refractivity contribution >= 4 is 27.9 Å². The first-order valence-electron chi connectivity index (χ1n) is 9.52. The van der Waals surface area contributed by atoms with Crippen molar-refractivity contribution < 1.29 is 14.3 Å². The normalized spacial score (nSPS) is 15.8. The van der Waals surface area contributed by atoms with Crippen LogP contribution in [0.1, 0.15) is 29.5 Å². The Kier molecular flexibility index (Phi) is 7.62. The lowest BCUT2D eigenvalue weighted by Crippen LogP contribution is -2.32. The minimum Gasteiger partial charge on any atom is -0.488 e. The fourth-order valence-electron chi connectivity index (χ4n) is 3.09. The van der Waals surface area contributed by atoms with E-state index in [0.29, 0.717) is 30.0 Å². The van der Waals surface area contributed by atoms with Gasteiger partial charge in [0.25, 0.3) is 5.91 Å². The van der Waals surface area contributed by atoms with Crippen LogP contribution in [0.15, 0.2) is 52.5 Å². The van der Waals surface area contributed by atoms with Gasteiger partial charge in [0.05, 0.1) is 17.7 Å². The van der Waals surface area contributed by atoms with Crippen molar-refractivity contribution in [1.29, 1.82) is 10.5 Å². The third-order valence-corrected chi connectivity index (χ3v) is 5.17. The fourth-order valence-corrected chi connectivity index (χ4v) is 3.46. The summed E-state index contributed by atoms with van der Waals surface area (Å²) in [6.45, 7) is 1.28. The maximum absolute atomic E-state index is 12.4. The number of nitriles is 2. The number of carbonyl (C=O) groups excluding carboxylic acids is 1. The Labute approximate surface area is 183 Å². The van der Waals surface area contributed by atoms with Crippen LogP contribution in [0.4, 0.5) is 0 Å². The van der Waals surface area contributed by atoms with Gasteiger partial charge in [-0.3, -0.25) is 4.79 Å². The van der Waals surface area contributed by atoms with Gasteiger partial charge in [-0.05, 0) is 43.2 Å². The van der Waals surface area contributed by atoms with E-state index >= 15 is 0 Å². The molecule has 0 radical (unpaired) electrons. The molecule has 0 spiro atoms. The molecule has 6 nitrogen and oxygen atoms in total. The van der Waals surface area contributed by atoms with Gasteiger partial charge in [-0.2, -0.15) is 10.5 Å². The van der Waals surface area contributed by atoms with Gasteiger partial charge in [-0.1, -0.05) is 34.1 Å². The number of nitrogens with zero attached hydrogens (tertiary/aromatic N) is 2. The van der Waals surface area contributed by atoms with Crippen LogP contribution in [-0.2, 0) is 16.1 Å². The lowest BCUT2D eigenvalue weighted by molar-refractivity contribution is -0.117. The summed E-state index contributed by atoms with van der Waals surface area (Å²) in [7, 11) is 0. The van der Waals surface area contributed by atoms with Gasteiger partial charge >= 0.3 is 0 Å². The number of hydrogen-bond acceptors (Lipinski definition) is 5. The molecule has 1 amide bonds.